The molecule has 8 bridgehead atoms. The summed E-state index contributed by atoms with van der Waals surface area (Å²) in [5.41, 5.74) is 9.09. The summed E-state index contributed by atoms with van der Waals surface area (Å²) in [6.07, 6.45) is 2.98. The Morgan fingerprint density at radius 2 is 0.926 bits per heavy atom. The van der Waals surface area contributed by atoms with E-state index < -0.39 is 0 Å². The quantitative estimate of drug-likeness (QED) is 0.391. The Morgan fingerprint density at radius 1 is 0.481 bits per heavy atom. The molecule has 130 valence electrons. The van der Waals surface area contributed by atoms with Gasteiger partial charge in [0.2, 0.25) is 0 Å². The molecule has 2 nitrogen and oxygen atoms in total. The van der Waals surface area contributed by atoms with Gasteiger partial charge in [-0.1, -0.05) is 48.5 Å². The number of hydrogen-bond acceptors (Lipinski definition) is 2. The normalized spacial score (nSPS) is 12.7. The van der Waals surface area contributed by atoms with Gasteiger partial charge in [-0.15, -0.1) is 0 Å². The number of rotatable bonds is 0. The van der Waals surface area contributed by atoms with Crippen LogP contribution in [0, 0.1) is 0 Å². The molecule has 2 aromatic carbocycles. The van der Waals surface area contributed by atoms with Crippen molar-refractivity contribution in [3.63, 3.8) is 0 Å². The minimum atomic E-state index is 0.965. The molecule has 0 atom stereocenters. The smallest absolute Gasteiger partial charge is 0.0705 e. The fourth-order valence-electron chi connectivity index (χ4n) is 3.73. The molecule has 3 heterocycles. The van der Waals surface area contributed by atoms with Gasteiger partial charge in [0.15, 0.2) is 0 Å². The van der Waals surface area contributed by atoms with Gasteiger partial charge in [0.25, 0.3) is 0 Å². The van der Waals surface area contributed by atoms with Gasteiger partial charge in [0, 0.05) is 22.5 Å². The highest BCUT2D eigenvalue weighted by Gasteiger charge is 2.08. The first kappa shape index (κ1) is 16.0. The van der Waals surface area contributed by atoms with E-state index >= 15 is 0 Å². The average molecular weight is 348 g/mol. The number of nitrogens with zero attached hydrogens (tertiary/aromatic N) is 2. The molecule has 0 aliphatic carbocycles. The molecule has 4 aromatic rings. The number of aryl methyl sites for hydroxylation is 2. The average Bonchev–Trinajstić information content (AvgIpc) is 2.74. The largest absolute Gasteiger partial charge is 0.253 e. The maximum Gasteiger partial charge on any atom is 0.0705 e. The molecular weight excluding hydrogens is 328 g/mol. The molecule has 0 unspecified atom stereocenters. The Morgan fingerprint density at radius 3 is 1.44 bits per heavy atom. The van der Waals surface area contributed by atoms with Crippen molar-refractivity contribution in [3.05, 3.63) is 96.3 Å². The van der Waals surface area contributed by atoms with E-state index in [9.17, 15) is 0 Å². The molecule has 1 aliphatic heterocycles. The molecule has 0 N–H and O–H groups in total. The zero-order chi connectivity index (χ0) is 18.1. The van der Waals surface area contributed by atoms with E-state index in [0.29, 0.717) is 0 Å². The Bertz CT molecular complexity index is 1030. The van der Waals surface area contributed by atoms with E-state index in [2.05, 4.69) is 84.9 Å². The number of fused-ring (bicyclic) bond motifs is 11. The van der Waals surface area contributed by atoms with Crippen LogP contribution < -0.4 is 0 Å². The minimum absolute atomic E-state index is 0.965. The van der Waals surface area contributed by atoms with Crippen molar-refractivity contribution in [1.29, 1.82) is 0 Å². The highest BCUT2D eigenvalue weighted by Crippen LogP contribution is 2.29. The third-order valence-electron chi connectivity index (χ3n) is 5.13. The third-order valence-corrected chi connectivity index (χ3v) is 5.13. The highest BCUT2D eigenvalue weighted by atomic mass is 14.7. The summed E-state index contributed by atoms with van der Waals surface area (Å²) >= 11 is 0. The number of aromatic nitrogens is 2. The number of pyridine rings is 2. The maximum atomic E-state index is 4.90. The summed E-state index contributed by atoms with van der Waals surface area (Å²) in [6, 6.07) is 30.0. The van der Waals surface area contributed by atoms with Gasteiger partial charge in [0.05, 0.1) is 11.4 Å². The fourth-order valence-corrected chi connectivity index (χ4v) is 3.73. The molecule has 0 fully saturated rings. The lowest BCUT2D eigenvalue weighted by atomic mass is 9.99. The predicted molar refractivity (Wildman–Crippen MR) is 110 cm³/mol. The predicted octanol–water partition coefficient (Wildman–Crippen LogP) is 5.97. The first-order valence-electron chi connectivity index (χ1n) is 9.48. The number of benzene rings is 2. The SMILES string of the molecule is c1cc2cc(c1)-c1cccc(n1)CCCc1cccc(n1)-c1cccc-2c1. The molecule has 0 saturated carbocycles. The topological polar surface area (TPSA) is 25.8 Å². The zero-order valence-electron chi connectivity index (χ0n) is 15.1. The Hall–Kier alpha value is -3.26. The van der Waals surface area contributed by atoms with Crippen molar-refractivity contribution in [1.82, 2.24) is 9.97 Å². The Kier molecular flexibility index (Phi) is 4.02. The van der Waals surface area contributed by atoms with Crippen LogP contribution in [0.3, 0.4) is 0 Å². The second-order valence-electron chi connectivity index (χ2n) is 7.04. The van der Waals surface area contributed by atoms with Crippen LogP contribution in [0.2, 0.25) is 0 Å². The van der Waals surface area contributed by atoms with Gasteiger partial charge in [-0.05, 0) is 66.8 Å². The van der Waals surface area contributed by atoms with Crippen LogP contribution in [0.1, 0.15) is 17.8 Å². The van der Waals surface area contributed by atoms with E-state index in [-0.39, 0.29) is 0 Å². The first-order valence-corrected chi connectivity index (χ1v) is 9.48. The minimum Gasteiger partial charge on any atom is -0.253 e. The summed E-state index contributed by atoms with van der Waals surface area (Å²) in [6.45, 7) is 0. The van der Waals surface area contributed by atoms with Crippen LogP contribution in [-0.2, 0) is 12.8 Å². The van der Waals surface area contributed by atoms with Crippen LogP contribution in [0.15, 0.2) is 84.9 Å². The second kappa shape index (κ2) is 6.81. The molecule has 27 heavy (non-hydrogen) atoms. The van der Waals surface area contributed by atoms with E-state index in [1.54, 1.807) is 0 Å². The van der Waals surface area contributed by atoms with Gasteiger partial charge >= 0.3 is 0 Å². The maximum absolute atomic E-state index is 4.90. The van der Waals surface area contributed by atoms with Crippen molar-refractivity contribution >= 4 is 0 Å². The molecule has 1 aliphatic rings. The van der Waals surface area contributed by atoms with E-state index in [0.717, 1.165) is 53.2 Å². The monoisotopic (exact) mass is 348 g/mol. The zero-order valence-corrected chi connectivity index (χ0v) is 15.1. The lowest BCUT2D eigenvalue weighted by Crippen LogP contribution is -1.97. The summed E-state index contributed by atoms with van der Waals surface area (Å²) in [5.74, 6) is 0. The standard InChI is InChI=1S/C25H20N2/c1-6-18-16-20(8-1)24-14-4-12-22(26-24)10-3-11-23-13-5-15-25(27-23)21-9-2-7-19(18)17-21/h1-2,4-9,12-17H,3,10-11H2. The summed E-state index contributed by atoms with van der Waals surface area (Å²) < 4.78 is 0. The van der Waals surface area contributed by atoms with Gasteiger partial charge in [-0.25, -0.2) is 0 Å². The lowest BCUT2D eigenvalue weighted by molar-refractivity contribution is 0.783. The fraction of sp³-hybridized carbons (Fsp3) is 0.120. The van der Waals surface area contributed by atoms with Gasteiger partial charge in [0.1, 0.15) is 0 Å². The molecule has 0 saturated heterocycles. The van der Waals surface area contributed by atoms with E-state index in [1.807, 2.05) is 0 Å². The lowest BCUT2D eigenvalue weighted by Gasteiger charge is -2.08. The van der Waals surface area contributed by atoms with Crippen molar-refractivity contribution in [3.8, 4) is 33.6 Å². The summed E-state index contributed by atoms with van der Waals surface area (Å²) in [7, 11) is 0. The van der Waals surface area contributed by atoms with Crippen molar-refractivity contribution in [2.45, 2.75) is 19.3 Å². The highest BCUT2D eigenvalue weighted by molar-refractivity contribution is 5.75. The molecule has 5 rings (SSSR count). The molecular formula is C25H20N2. The van der Waals surface area contributed by atoms with Crippen LogP contribution in [0.25, 0.3) is 33.6 Å². The number of hydrogen-bond donors (Lipinski definition) is 0. The van der Waals surface area contributed by atoms with Gasteiger partial charge in [-0.3, -0.25) is 9.97 Å². The van der Waals surface area contributed by atoms with Crippen LogP contribution in [0.4, 0.5) is 0 Å². The molecule has 2 heteroatoms. The van der Waals surface area contributed by atoms with Crippen molar-refractivity contribution in [2.75, 3.05) is 0 Å². The van der Waals surface area contributed by atoms with Crippen LogP contribution >= 0.6 is 0 Å². The van der Waals surface area contributed by atoms with Crippen LogP contribution in [-0.4, -0.2) is 9.97 Å². The second-order valence-corrected chi connectivity index (χ2v) is 7.04. The Labute approximate surface area is 159 Å². The summed E-state index contributed by atoms with van der Waals surface area (Å²) in [5, 5.41) is 0. The van der Waals surface area contributed by atoms with Gasteiger partial charge in [-0.2, -0.15) is 0 Å². The first-order chi connectivity index (χ1) is 13.3. The molecule has 0 amide bonds. The molecule has 2 aromatic heterocycles. The van der Waals surface area contributed by atoms with E-state index in [1.165, 1.54) is 11.1 Å². The Balaban J connectivity index is 1.71. The van der Waals surface area contributed by atoms with Gasteiger partial charge < -0.3 is 0 Å². The van der Waals surface area contributed by atoms with Crippen molar-refractivity contribution < 1.29 is 0 Å². The third kappa shape index (κ3) is 3.26. The summed E-state index contributed by atoms with van der Waals surface area (Å²) in [4.78, 5) is 9.80. The van der Waals surface area contributed by atoms with Crippen molar-refractivity contribution in [2.24, 2.45) is 0 Å². The molecule has 0 spiro atoms. The molecule has 0 radical (unpaired) electrons. The van der Waals surface area contributed by atoms with E-state index in [4.69, 9.17) is 9.97 Å². The van der Waals surface area contributed by atoms with Crippen LogP contribution in [0.5, 0.6) is 0 Å².